The average molecular weight is 414 g/mol. The van der Waals surface area contributed by atoms with E-state index in [1.807, 2.05) is 42.5 Å². The lowest BCUT2D eigenvalue weighted by molar-refractivity contribution is -0.135. The summed E-state index contributed by atoms with van der Waals surface area (Å²) in [7, 11) is 1.53. The van der Waals surface area contributed by atoms with Crippen molar-refractivity contribution in [3.8, 4) is 17.6 Å². The normalized spacial score (nSPS) is 28.3. The van der Waals surface area contributed by atoms with E-state index in [4.69, 9.17) is 9.47 Å². The van der Waals surface area contributed by atoms with E-state index >= 15 is 0 Å². The van der Waals surface area contributed by atoms with E-state index in [1.54, 1.807) is 24.5 Å². The van der Waals surface area contributed by atoms with E-state index in [0.29, 0.717) is 29.0 Å². The van der Waals surface area contributed by atoms with Crippen molar-refractivity contribution in [1.82, 2.24) is 4.98 Å². The molecule has 6 heteroatoms. The average Bonchev–Trinajstić information content (AvgIpc) is 3.24. The Labute approximate surface area is 180 Å². The van der Waals surface area contributed by atoms with Crippen LogP contribution in [0.5, 0.6) is 11.5 Å². The maximum Gasteiger partial charge on any atom is 0.174 e. The summed E-state index contributed by atoms with van der Waals surface area (Å²) in [6.07, 6.45) is 3.65. The first-order chi connectivity index (χ1) is 15.1. The third-order valence-electron chi connectivity index (χ3n) is 6.78. The van der Waals surface area contributed by atoms with Gasteiger partial charge in [-0.3, -0.25) is 4.98 Å². The van der Waals surface area contributed by atoms with Crippen molar-refractivity contribution in [3.05, 3.63) is 89.2 Å². The monoisotopic (exact) mass is 414 g/mol. The van der Waals surface area contributed by atoms with Gasteiger partial charge in [-0.1, -0.05) is 42.5 Å². The smallest absolute Gasteiger partial charge is 0.174 e. The summed E-state index contributed by atoms with van der Waals surface area (Å²) in [5.41, 5.74) is -0.00898. The third-order valence-corrected chi connectivity index (χ3v) is 6.78. The number of nitrogens with zero attached hydrogens (tertiary/aromatic N) is 2. The van der Waals surface area contributed by atoms with Crippen LogP contribution in [-0.4, -0.2) is 28.9 Å². The summed E-state index contributed by atoms with van der Waals surface area (Å²) in [6, 6.07) is 19.1. The van der Waals surface area contributed by atoms with Gasteiger partial charge in [-0.2, -0.15) is 5.26 Å². The van der Waals surface area contributed by atoms with Gasteiger partial charge in [0.2, 0.25) is 0 Å². The van der Waals surface area contributed by atoms with E-state index in [-0.39, 0.29) is 12.5 Å². The van der Waals surface area contributed by atoms with Gasteiger partial charge in [0.15, 0.2) is 5.60 Å². The molecule has 1 aliphatic carbocycles. The molecule has 0 radical (unpaired) electrons. The molecule has 0 unspecified atom stereocenters. The predicted octanol–water partition coefficient (Wildman–Crippen LogP) is 3.23. The minimum Gasteiger partial charge on any atom is -0.495 e. The van der Waals surface area contributed by atoms with Gasteiger partial charge in [0, 0.05) is 18.4 Å². The zero-order valence-corrected chi connectivity index (χ0v) is 17.0. The third kappa shape index (κ3) is 2.48. The number of benzene rings is 2. The SMILES string of the molecule is COc1cncc2c1[C@]1(O)[C@@H](CO)C[C@@H](c3ccccc3)[C@]1(c1ccc(C#N)cc1)O2. The van der Waals surface area contributed by atoms with E-state index in [0.717, 1.165) is 11.1 Å². The number of aliphatic hydroxyl groups is 2. The minimum absolute atomic E-state index is 0.216. The second-order valence-corrected chi connectivity index (χ2v) is 8.09. The van der Waals surface area contributed by atoms with Crippen molar-refractivity contribution in [2.24, 2.45) is 5.92 Å². The number of hydrogen-bond donors (Lipinski definition) is 2. The van der Waals surface area contributed by atoms with E-state index in [9.17, 15) is 15.5 Å². The maximum absolute atomic E-state index is 12.5. The zero-order valence-electron chi connectivity index (χ0n) is 17.0. The zero-order chi connectivity index (χ0) is 21.6. The first-order valence-electron chi connectivity index (χ1n) is 10.2. The van der Waals surface area contributed by atoms with Crippen LogP contribution < -0.4 is 9.47 Å². The van der Waals surface area contributed by atoms with Gasteiger partial charge in [0.1, 0.15) is 17.1 Å². The second kappa shape index (κ2) is 7.09. The first kappa shape index (κ1) is 19.6. The molecule has 2 heterocycles. The lowest BCUT2D eigenvalue weighted by Crippen LogP contribution is -2.51. The fourth-order valence-electron chi connectivity index (χ4n) is 5.47. The van der Waals surface area contributed by atoms with Crippen LogP contribution in [0, 0.1) is 17.2 Å². The van der Waals surface area contributed by atoms with Gasteiger partial charge >= 0.3 is 0 Å². The predicted molar refractivity (Wildman–Crippen MR) is 113 cm³/mol. The fourth-order valence-corrected chi connectivity index (χ4v) is 5.47. The molecule has 1 aromatic heterocycles. The molecule has 4 atom stereocenters. The van der Waals surface area contributed by atoms with Crippen LogP contribution in [0.3, 0.4) is 0 Å². The van der Waals surface area contributed by atoms with Crippen molar-refractivity contribution in [3.63, 3.8) is 0 Å². The van der Waals surface area contributed by atoms with E-state index < -0.39 is 17.1 Å². The van der Waals surface area contributed by atoms with Crippen LogP contribution in [0.4, 0.5) is 0 Å². The molecule has 2 N–H and O–H groups in total. The Kier molecular flexibility index (Phi) is 4.47. The van der Waals surface area contributed by atoms with Gasteiger partial charge in [-0.25, -0.2) is 0 Å². The number of hydrogen-bond acceptors (Lipinski definition) is 6. The molecule has 5 rings (SSSR count). The number of pyridine rings is 1. The van der Waals surface area contributed by atoms with E-state index in [1.165, 1.54) is 7.11 Å². The van der Waals surface area contributed by atoms with Gasteiger partial charge in [-0.15, -0.1) is 0 Å². The van der Waals surface area contributed by atoms with Crippen LogP contribution in [0.15, 0.2) is 67.0 Å². The first-order valence-corrected chi connectivity index (χ1v) is 10.2. The number of aromatic nitrogens is 1. The molecule has 1 saturated carbocycles. The van der Waals surface area contributed by atoms with Crippen LogP contribution in [-0.2, 0) is 11.2 Å². The highest BCUT2D eigenvalue weighted by Crippen LogP contribution is 2.69. The molecule has 0 saturated heterocycles. The Hall–Kier alpha value is -3.40. The summed E-state index contributed by atoms with van der Waals surface area (Å²) in [5.74, 6) is 0.111. The van der Waals surface area contributed by atoms with Crippen LogP contribution in [0.2, 0.25) is 0 Å². The van der Waals surface area contributed by atoms with Crippen molar-refractivity contribution in [2.75, 3.05) is 13.7 Å². The van der Waals surface area contributed by atoms with Crippen LogP contribution in [0.1, 0.15) is 34.6 Å². The quantitative estimate of drug-likeness (QED) is 0.681. The summed E-state index contributed by atoms with van der Waals surface area (Å²) in [5, 5.41) is 32.1. The van der Waals surface area contributed by atoms with Crippen LogP contribution in [0.25, 0.3) is 0 Å². The molecular formula is C25H22N2O4. The molecule has 31 heavy (non-hydrogen) atoms. The number of ether oxygens (including phenoxy) is 2. The molecule has 0 amide bonds. The molecule has 156 valence electrons. The number of fused-ring (bicyclic) bond motifs is 3. The Balaban J connectivity index is 1.82. The molecule has 1 fully saturated rings. The maximum atomic E-state index is 12.5. The Bertz CT molecular complexity index is 1160. The topological polar surface area (TPSA) is 95.6 Å². The summed E-state index contributed by atoms with van der Waals surface area (Å²) >= 11 is 0. The summed E-state index contributed by atoms with van der Waals surface area (Å²) in [4.78, 5) is 4.22. The van der Waals surface area contributed by atoms with Crippen molar-refractivity contribution in [2.45, 2.75) is 23.5 Å². The molecular weight excluding hydrogens is 392 g/mol. The molecule has 2 aromatic carbocycles. The molecule has 2 aliphatic rings. The second-order valence-electron chi connectivity index (χ2n) is 8.09. The molecule has 0 bridgehead atoms. The van der Waals surface area contributed by atoms with Crippen molar-refractivity contribution < 1.29 is 19.7 Å². The van der Waals surface area contributed by atoms with Gasteiger partial charge in [0.05, 0.1) is 36.7 Å². The standard InChI is InChI=1S/C25H22N2O4/c1-30-21-13-27-14-22-23(21)24(29)19(15-28)11-20(17-5-3-2-4-6-17)25(24,31-22)18-9-7-16(12-26)8-10-18/h2-10,13-14,19-20,28-29H,11,15H2,1H3/t19-,20+,24-,25+/m1/s1. The highest BCUT2D eigenvalue weighted by molar-refractivity contribution is 5.58. The molecule has 0 spiro atoms. The number of rotatable bonds is 4. The lowest BCUT2D eigenvalue weighted by Gasteiger charge is -2.41. The van der Waals surface area contributed by atoms with Crippen LogP contribution >= 0.6 is 0 Å². The van der Waals surface area contributed by atoms with Gasteiger partial charge < -0.3 is 19.7 Å². The Morgan fingerprint density at radius 3 is 2.55 bits per heavy atom. The van der Waals surface area contributed by atoms with Crippen molar-refractivity contribution >= 4 is 0 Å². The van der Waals surface area contributed by atoms with E-state index in [2.05, 4.69) is 11.1 Å². The highest BCUT2D eigenvalue weighted by Gasteiger charge is 2.73. The highest BCUT2D eigenvalue weighted by atomic mass is 16.5. The summed E-state index contributed by atoms with van der Waals surface area (Å²) < 4.78 is 12.2. The number of aliphatic hydroxyl groups excluding tert-OH is 1. The minimum atomic E-state index is -1.56. The lowest BCUT2D eigenvalue weighted by atomic mass is 9.70. The Morgan fingerprint density at radius 1 is 1.16 bits per heavy atom. The van der Waals surface area contributed by atoms with Gasteiger partial charge in [-0.05, 0) is 29.7 Å². The summed E-state index contributed by atoms with van der Waals surface area (Å²) in [6.45, 7) is -0.216. The van der Waals surface area contributed by atoms with Crippen molar-refractivity contribution in [1.29, 1.82) is 5.26 Å². The number of methoxy groups -OCH3 is 1. The Morgan fingerprint density at radius 2 is 1.90 bits per heavy atom. The molecule has 3 aromatic rings. The molecule has 6 nitrogen and oxygen atoms in total. The fraction of sp³-hybridized carbons (Fsp3) is 0.280. The number of nitriles is 1. The largest absolute Gasteiger partial charge is 0.495 e. The molecule has 1 aliphatic heterocycles. The van der Waals surface area contributed by atoms with Gasteiger partial charge in [0.25, 0.3) is 0 Å².